The quantitative estimate of drug-likeness (QED) is 0.163. The van der Waals surface area contributed by atoms with Crippen molar-refractivity contribution in [2.45, 2.75) is 18.9 Å². The van der Waals surface area contributed by atoms with Crippen LogP contribution in [-0.2, 0) is 9.59 Å². The van der Waals surface area contributed by atoms with Crippen molar-refractivity contribution in [1.29, 1.82) is 0 Å². The molecule has 7 nitrogen and oxygen atoms in total. The maximum atomic E-state index is 11.1. The normalized spacial score (nSPS) is 11.5. The number of hydrogen-bond acceptors (Lipinski definition) is 4. The van der Waals surface area contributed by atoms with Gasteiger partial charge in [-0.05, 0) is 12.8 Å². The first-order valence-corrected chi connectivity index (χ1v) is 4.60. The van der Waals surface area contributed by atoms with E-state index in [1.54, 1.807) is 0 Å². The average molecular weight is 215 g/mol. The molecule has 0 spiro atoms. The minimum absolute atomic E-state index is 0.0135. The van der Waals surface area contributed by atoms with Gasteiger partial charge in [-0.25, -0.2) is 0 Å². The molecule has 0 aliphatic carbocycles. The van der Waals surface area contributed by atoms with Crippen LogP contribution in [0, 0.1) is 0 Å². The largest absolute Gasteiger partial charge is 0.370 e. The highest BCUT2D eigenvalue weighted by Crippen LogP contribution is 1.94. The molecule has 0 saturated heterocycles. The van der Waals surface area contributed by atoms with Gasteiger partial charge in [-0.2, -0.15) is 0 Å². The van der Waals surface area contributed by atoms with Crippen molar-refractivity contribution < 1.29 is 9.59 Å². The Morgan fingerprint density at radius 3 is 2.67 bits per heavy atom. The van der Waals surface area contributed by atoms with Crippen LogP contribution in [0.2, 0.25) is 0 Å². The highest BCUT2D eigenvalue weighted by atomic mass is 16.2. The zero-order valence-corrected chi connectivity index (χ0v) is 8.48. The van der Waals surface area contributed by atoms with Crippen molar-refractivity contribution in [1.82, 2.24) is 5.32 Å². The van der Waals surface area contributed by atoms with Gasteiger partial charge in [0.05, 0.1) is 12.6 Å². The molecular weight excluding hydrogens is 198 g/mol. The first kappa shape index (κ1) is 13.4. The summed E-state index contributed by atoms with van der Waals surface area (Å²) in [5.74, 6) is -0.319. The van der Waals surface area contributed by atoms with E-state index in [-0.39, 0.29) is 18.4 Å². The summed E-state index contributed by atoms with van der Waals surface area (Å²) in [7, 11) is 0. The summed E-state index contributed by atoms with van der Waals surface area (Å²) in [5.41, 5.74) is 15.8. The van der Waals surface area contributed by atoms with Gasteiger partial charge in [-0.15, -0.1) is 0 Å². The molecule has 0 aromatic heterocycles. The third kappa shape index (κ3) is 7.44. The van der Waals surface area contributed by atoms with E-state index in [0.29, 0.717) is 25.7 Å². The second kappa shape index (κ2) is 7.74. The van der Waals surface area contributed by atoms with Gasteiger partial charge in [0, 0.05) is 6.54 Å². The smallest absolute Gasteiger partial charge is 0.237 e. The Morgan fingerprint density at radius 1 is 1.47 bits per heavy atom. The van der Waals surface area contributed by atoms with Gasteiger partial charge in [-0.1, -0.05) is 0 Å². The molecule has 0 aromatic carbocycles. The Bertz CT molecular complexity index is 237. The molecule has 0 bridgehead atoms. The number of aliphatic imine (C=N–C) groups is 1. The minimum Gasteiger partial charge on any atom is -0.370 e. The van der Waals surface area contributed by atoms with E-state index in [1.807, 2.05) is 0 Å². The van der Waals surface area contributed by atoms with Crippen molar-refractivity contribution >= 4 is 18.2 Å². The van der Waals surface area contributed by atoms with Gasteiger partial charge in [-0.3, -0.25) is 9.79 Å². The maximum Gasteiger partial charge on any atom is 0.237 e. The van der Waals surface area contributed by atoms with Gasteiger partial charge in [0.25, 0.3) is 0 Å². The fourth-order valence-electron chi connectivity index (χ4n) is 0.924. The Kier molecular flexibility index (Phi) is 6.90. The fraction of sp³-hybridized carbons (Fsp3) is 0.625. The third-order valence-electron chi connectivity index (χ3n) is 1.66. The van der Waals surface area contributed by atoms with Gasteiger partial charge in [0.1, 0.15) is 6.29 Å². The zero-order valence-electron chi connectivity index (χ0n) is 8.48. The second-order valence-corrected chi connectivity index (χ2v) is 2.97. The molecule has 1 atom stereocenters. The van der Waals surface area contributed by atoms with Crippen molar-refractivity contribution in [3.63, 3.8) is 0 Å². The van der Waals surface area contributed by atoms with Gasteiger partial charge < -0.3 is 27.3 Å². The van der Waals surface area contributed by atoms with Crippen LogP contribution in [0.1, 0.15) is 12.8 Å². The zero-order chi connectivity index (χ0) is 11.7. The minimum atomic E-state index is -0.626. The molecule has 0 aliphatic rings. The first-order valence-electron chi connectivity index (χ1n) is 4.60. The standard InChI is InChI=1S/C8H17N5O2/c9-6(7(15)12-4-5-14)2-1-3-13-8(10)11/h5-6H,1-4,9H2,(H,12,15)(H4,10,11,13)/t6-/m0/s1. The lowest BCUT2D eigenvalue weighted by Crippen LogP contribution is -2.41. The molecule has 0 aromatic rings. The lowest BCUT2D eigenvalue weighted by Gasteiger charge is -2.09. The van der Waals surface area contributed by atoms with Crippen LogP contribution in [0.4, 0.5) is 0 Å². The predicted octanol–water partition coefficient (Wildman–Crippen LogP) is -2.32. The lowest BCUT2D eigenvalue weighted by molar-refractivity contribution is -0.123. The summed E-state index contributed by atoms with van der Waals surface area (Å²) >= 11 is 0. The van der Waals surface area contributed by atoms with Crippen LogP contribution in [0.3, 0.4) is 0 Å². The number of carbonyl (C=O) groups is 2. The summed E-state index contributed by atoms with van der Waals surface area (Å²) in [4.78, 5) is 24.9. The molecule has 0 rings (SSSR count). The predicted molar refractivity (Wildman–Crippen MR) is 57.0 cm³/mol. The molecule has 0 radical (unpaired) electrons. The Labute approximate surface area is 88.1 Å². The lowest BCUT2D eigenvalue weighted by atomic mass is 10.1. The number of nitrogens with zero attached hydrogens (tertiary/aromatic N) is 1. The summed E-state index contributed by atoms with van der Waals surface area (Å²) in [6.45, 7) is 0.428. The third-order valence-corrected chi connectivity index (χ3v) is 1.66. The number of aldehydes is 1. The maximum absolute atomic E-state index is 11.1. The van der Waals surface area contributed by atoms with E-state index in [0.717, 1.165) is 0 Å². The van der Waals surface area contributed by atoms with E-state index in [1.165, 1.54) is 0 Å². The van der Waals surface area contributed by atoms with E-state index < -0.39 is 6.04 Å². The van der Waals surface area contributed by atoms with Crippen molar-refractivity contribution in [2.24, 2.45) is 22.2 Å². The Morgan fingerprint density at radius 2 is 2.13 bits per heavy atom. The number of nitrogens with two attached hydrogens (primary N) is 3. The van der Waals surface area contributed by atoms with E-state index >= 15 is 0 Å². The number of hydrogen-bond donors (Lipinski definition) is 4. The average Bonchev–Trinajstić information content (AvgIpc) is 2.20. The van der Waals surface area contributed by atoms with Crippen molar-refractivity contribution in [3.05, 3.63) is 0 Å². The topological polar surface area (TPSA) is 137 Å². The first-order chi connectivity index (χ1) is 7.07. The highest BCUT2D eigenvalue weighted by Gasteiger charge is 2.11. The monoisotopic (exact) mass is 215 g/mol. The van der Waals surface area contributed by atoms with Crippen LogP contribution in [-0.4, -0.2) is 37.3 Å². The van der Waals surface area contributed by atoms with Crippen LogP contribution in [0.5, 0.6) is 0 Å². The molecule has 7 N–H and O–H groups in total. The highest BCUT2D eigenvalue weighted by molar-refractivity contribution is 5.83. The number of guanidine groups is 1. The fourth-order valence-corrected chi connectivity index (χ4v) is 0.924. The van der Waals surface area contributed by atoms with Gasteiger partial charge >= 0.3 is 0 Å². The molecule has 7 heteroatoms. The SMILES string of the molecule is NC(N)=NCCC[C@H](N)C(=O)NCC=O. The molecule has 0 unspecified atom stereocenters. The van der Waals surface area contributed by atoms with Crippen LogP contribution < -0.4 is 22.5 Å². The second-order valence-electron chi connectivity index (χ2n) is 2.97. The van der Waals surface area contributed by atoms with Crippen molar-refractivity contribution in [2.75, 3.05) is 13.1 Å². The number of nitrogens with one attached hydrogen (secondary N) is 1. The number of amides is 1. The molecular formula is C8H17N5O2. The summed E-state index contributed by atoms with van der Waals surface area (Å²) < 4.78 is 0. The van der Waals surface area contributed by atoms with Crippen molar-refractivity contribution in [3.8, 4) is 0 Å². The van der Waals surface area contributed by atoms with Gasteiger partial charge in [0.15, 0.2) is 5.96 Å². The van der Waals surface area contributed by atoms with Gasteiger partial charge in [0.2, 0.25) is 5.91 Å². The van der Waals surface area contributed by atoms with Crippen LogP contribution in [0.25, 0.3) is 0 Å². The van der Waals surface area contributed by atoms with Crippen LogP contribution in [0.15, 0.2) is 4.99 Å². The molecule has 0 heterocycles. The van der Waals surface area contributed by atoms with E-state index in [9.17, 15) is 9.59 Å². The molecule has 0 aliphatic heterocycles. The molecule has 1 amide bonds. The molecule has 86 valence electrons. The summed E-state index contributed by atoms with van der Waals surface area (Å²) in [5, 5.41) is 2.36. The Balaban J connectivity index is 3.64. The summed E-state index contributed by atoms with van der Waals surface area (Å²) in [6.07, 6.45) is 1.69. The van der Waals surface area contributed by atoms with E-state index in [2.05, 4.69) is 10.3 Å². The van der Waals surface area contributed by atoms with E-state index in [4.69, 9.17) is 17.2 Å². The van der Waals surface area contributed by atoms with Crippen LogP contribution >= 0.6 is 0 Å². The molecule has 15 heavy (non-hydrogen) atoms. The summed E-state index contributed by atoms with van der Waals surface area (Å²) in [6, 6.07) is -0.626. The Hall–Kier alpha value is -1.63. The molecule has 0 fully saturated rings. The molecule has 0 saturated carbocycles. The number of carbonyl (C=O) groups excluding carboxylic acids is 2. The number of rotatable bonds is 7.